The molecule has 0 aromatic carbocycles. The predicted octanol–water partition coefficient (Wildman–Crippen LogP) is 1.64. The number of rotatable bonds is 5. The molecule has 1 fully saturated rings. The Balaban J connectivity index is 2.37. The monoisotopic (exact) mass is 277 g/mol. The molecule has 0 bridgehead atoms. The van der Waals surface area contributed by atoms with E-state index in [0.29, 0.717) is 6.54 Å². The summed E-state index contributed by atoms with van der Waals surface area (Å²) >= 11 is 5.96. The van der Waals surface area contributed by atoms with Crippen LogP contribution in [0.4, 0.5) is 0 Å². The molecule has 0 spiro atoms. The van der Waals surface area contributed by atoms with Gasteiger partial charge in [-0.2, -0.15) is 4.31 Å². The summed E-state index contributed by atoms with van der Waals surface area (Å²) in [6.07, 6.45) is 4.08. The molecule has 96 valence electrons. The number of sulfonamides is 1. The van der Waals surface area contributed by atoms with Crippen molar-refractivity contribution in [3.05, 3.63) is 11.5 Å². The fourth-order valence-electron chi connectivity index (χ4n) is 1.76. The lowest BCUT2D eigenvalue weighted by molar-refractivity contribution is 0.401. The van der Waals surface area contributed by atoms with Gasteiger partial charge in [0.25, 0.3) is 10.0 Å². The van der Waals surface area contributed by atoms with Gasteiger partial charge in [-0.1, -0.05) is 18.5 Å². The Labute approximate surface area is 106 Å². The van der Waals surface area contributed by atoms with Gasteiger partial charge in [-0.3, -0.25) is 0 Å². The van der Waals surface area contributed by atoms with Crippen molar-refractivity contribution in [3.63, 3.8) is 0 Å². The van der Waals surface area contributed by atoms with Crippen LogP contribution in [0, 0.1) is 0 Å². The van der Waals surface area contributed by atoms with Crippen LogP contribution in [0.15, 0.2) is 11.4 Å². The summed E-state index contributed by atoms with van der Waals surface area (Å²) in [5.74, 6) is 0. The van der Waals surface area contributed by atoms with Crippen molar-refractivity contribution in [2.75, 3.05) is 6.54 Å². The molecule has 0 unspecified atom stereocenters. The topological polar surface area (TPSA) is 55.2 Å². The molecule has 0 atom stereocenters. The van der Waals surface area contributed by atoms with Crippen molar-refractivity contribution in [1.29, 1.82) is 0 Å². The first-order valence-electron chi connectivity index (χ1n) is 5.67. The number of aromatic nitrogens is 2. The first-order valence-corrected chi connectivity index (χ1v) is 7.49. The maximum atomic E-state index is 12.4. The third-order valence-electron chi connectivity index (χ3n) is 2.79. The zero-order valence-electron chi connectivity index (χ0n) is 9.93. The van der Waals surface area contributed by atoms with Gasteiger partial charge >= 0.3 is 0 Å². The van der Waals surface area contributed by atoms with Crippen molar-refractivity contribution in [2.45, 2.75) is 37.3 Å². The minimum absolute atomic E-state index is 0.0259. The fraction of sp³-hybridized carbons (Fsp3) is 0.700. The molecular weight excluding hydrogens is 262 g/mol. The molecule has 0 N–H and O–H groups in total. The second-order valence-corrected chi connectivity index (χ2v) is 6.46. The van der Waals surface area contributed by atoms with Crippen LogP contribution in [0.1, 0.15) is 26.2 Å². The molecule has 1 aromatic heterocycles. The van der Waals surface area contributed by atoms with Gasteiger partial charge in [0.05, 0.1) is 6.33 Å². The van der Waals surface area contributed by atoms with Crippen LogP contribution in [-0.2, 0) is 17.1 Å². The number of halogens is 1. The Bertz CT molecular complexity index is 508. The standard InChI is InChI=1S/C10H16ClN3O2S/c1-3-6-14(8-4-5-8)17(15,16)10-9(11)13(2)7-12-10/h7-8H,3-6H2,1-2H3. The fourth-order valence-corrected chi connectivity index (χ4v) is 3.93. The molecule has 0 saturated heterocycles. The van der Waals surface area contributed by atoms with Crippen LogP contribution in [0.5, 0.6) is 0 Å². The Morgan fingerprint density at radius 3 is 2.65 bits per heavy atom. The minimum atomic E-state index is -3.54. The molecule has 1 aliphatic rings. The molecule has 0 aliphatic heterocycles. The molecule has 17 heavy (non-hydrogen) atoms. The Morgan fingerprint density at radius 2 is 2.24 bits per heavy atom. The number of imidazole rings is 1. The van der Waals surface area contributed by atoms with Crippen molar-refractivity contribution in [1.82, 2.24) is 13.9 Å². The van der Waals surface area contributed by atoms with Crippen LogP contribution in [-0.4, -0.2) is 34.9 Å². The van der Waals surface area contributed by atoms with E-state index >= 15 is 0 Å². The summed E-state index contributed by atoms with van der Waals surface area (Å²) in [7, 11) is -1.86. The minimum Gasteiger partial charge on any atom is -0.324 e. The Morgan fingerprint density at radius 1 is 1.59 bits per heavy atom. The zero-order valence-corrected chi connectivity index (χ0v) is 11.5. The molecule has 1 heterocycles. The van der Waals surface area contributed by atoms with Gasteiger partial charge in [0.1, 0.15) is 5.15 Å². The lowest BCUT2D eigenvalue weighted by Gasteiger charge is -2.19. The Hall–Kier alpha value is -0.590. The van der Waals surface area contributed by atoms with Gasteiger partial charge in [0.15, 0.2) is 0 Å². The normalized spacial score (nSPS) is 16.7. The van der Waals surface area contributed by atoms with E-state index in [2.05, 4.69) is 4.98 Å². The number of nitrogens with zero attached hydrogens (tertiary/aromatic N) is 3. The third kappa shape index (κ3) is 2.34. The zero-order chi connectivity index (χ0) is 12.6. The molecule has 5 nitrogen and oxygen atoms in total. The van der Waals surface area contributed by atoms with Gasteiger partial charge in [-0.05, 0) is 19.3 Å². The van der Waals surface area contributed by atoms with Crippen molar-refractivity contribution < 1.29 is 8.42 Å². The average molecular weight is 278 g/mol. The third-order valence-corrected chi connectivity index (χ3v) is 5.23. The molecule has 1 saturated carbocycles. The molecule has 7 heteroatoms. The van der Waals surface area contributed by atoms with Gasteiger partial charge in [0, 0.05) is 19.6 Å². The van der Waals surface area contributed by atoms with E-state index in [1.807, 2.05) is 6.92 Å². The van der Waals surface area contributed by atoms with Crippen LogP contribution < -0.4 is 0 Å². The highest BCUT2D eigenvalue weighted by Gasteiger charge is 2.39. The summed E-state index contributed by atoms with van der Waals surface area (Å²) in [6.45, 7) is 2.49. The van der Waals surface area contributed by atoms with Crippen LogP contribution in [0.25, 0.3) is 0 Å². The Kier molecular flexibility index (Phi) is 3.47. The molecule has 0 amide bonds. The molecule has 1 aliphatic carbocycles. The van der Waals surface area contributed by atoms with Crippen LogP contribution in [0.2, 0.25) is 5.15 Å². The smallest absolute Gasteiger partial charge is 0.263 e. The molecule has 0 radical (unpaired) electrons. The van der Waals surface area contributed by atoms with Crippen molar-refractivity contribution >= 4 is 21.6 Å². The summed E-state index contributed by atoms with van der Waals surface area (Å²) in [6, 6.07) is 0.137. The summed E-state index contributed by atoms with van der Waals surface area (Å²) in [4.78, 5) is 3.90. The molecular formula is C10H16ClN3O2S. The highest BCUT2D eigenvalue weighted by atomic mass is 35.5. The number of hydrogen-bond acceptors (Lipinski definition) is 3. The molecule has 1 aromatic rings. The maximum absolute atomic E-state index is 12.4. The first kappa shape index (κ1) is 12.9. The van der Waals surface area contributed by atoms with E-state index in [-0.39, 0.29) is 16.2 Å². The first-order chi connectivity index (χ1) is 7.98. The number of hydrogen-bond donors (Lipinski definition) is 0. The van der Waals surface area contributed by atoms with E-state index in [9.17, 15) is 8.42 Å². The largest absolute Gasteiger partial charge is 0.324 e. The number of aryl methyl sites for hydroxylation is 1. The van der Waals surface area contributed by atoms with Gasteiger partial charge in [-0.25, -0.2) is 13.4 Å². The maximum Gasteiger partial charge on any atom is 0.263 e. The summed E-state index contributed by atoms with van der Waals surface area (Å²) in [5, 5.41) is 0.147. The lowest BCUT2D eigenvalue weighted by Crippen LogP contribution is -2.34. The van der Waals surface area contributed by atoms with Crippen molar-refractivity contribution in [2.24, 2.45) is 7.05 Å². The highest BCUT2D eigenvalue weighted by Crippen LogP contribution is 2.33. The molecule has 2 rings (SSSR count). The predicted molar refractivity (Wildman–Crippen MR) is 65.4 cm³/mol. The van der Waals surface area contributed by atoms with Gasteiger partial charge < -0.3 is 4.57 Å². The van der Waals surface area contributed by atoms with Crippen LogP contribution in [0.3, 0.4) is 0 Å². The second-order valence-electron chi connectivity index (χ2n) is 4.30. The van der Waals surface area contributed by atoms with E-state index in [0.717, 1.165) is 19.3 Å². The second kappa shape index (κ2) is 4.59. The van der Waals surface area contributed by atoms with Gasteiger partial charge in [-0.15, -0.1) is 0 Å². The summed E-state index contributed by atoms with van der Waals surface area (Å²) < 4.78 is 27.8. The van der Waals surface area contributed by atoms with Gasteiger partial charge in [0.2, 0.25) is 5.03 Å². The quantitative estimate of drug-likeness (QED) is 0.822. The van der Waals surface area contributed by atoms with E-state index in [1.165, 1.54) is 15.2 Å². The van der Waals surface area contributed by atoms with E-state index in [1.54, 1.807) is 7.05 Å². The van der Waals surface area contributed by atoms with Crippen molar-refractivity contribution in [3.8, 4) is 0 Å². The van der Waals surface area contributed by atoms with E-state index < -0.39 is 10.0 Å². The SMILES string of the molecule is CCCN(C1CC1)S(=O)(=O)c1ncn(C)c1Cl. The highest BCUT2D eigenvalue weighted by molar-refractivity contribution is 7.89. The van der Waals surface area contributed by atoms with E-state index in [4.69, 9.17) is 11.6 Å². The average Bonchev–Trinajstić information content (AvgIpc) is 3.03. The lowest BCUT2D eigenvalue weighted by atomic mass is 10.5. The summed E-state index contributed by atoms with van der Waals surface area (Å²) in [5.41, 5.74) is 0. The van der Waals surface area contributed by atoms with Crippen LogP contribution >= 0.6 is 11.6 Å².